The number of aryl methyl sites for hydroxylation is 2. The van der Waals surface area contributed by atoms with Gasteiger partial charge in [-0.15, -0.1) is 0 Å². The van der Waals surface area contributed by atoms with E-state index in [9.17, 15) is 19.5 Å². The second-order valence-corrected chi connectivity index (χ2v) is 7.83. The van der Waals surface area contributed by atoms with Crippen LogP contribution in [0.3, 0.4) is 0 Å². The average molecular weight is 461 g/mol. The number of carboxylic acids is 1. The second kappa shape index (κ2) is 11.7. The SMILES string of the molecule is CCc1ccc(-c2ccc(N(C=O)[C@@H](CCOC(=O)Nc3ccccc3C)C(=O)O)cc2)cc1. The zero-order valence-corrected chi connectivity index (χ0v) is 19.2. The molecule has 0 heterocycles. The number of rotatable bonds is 10. The molecule has 3 rings (SSSR count). The van der Waals surface area contributed by atoms with Crippen molar-refractivity contribution in [1.29, 1.82) is 0 Å². The molecular weight excluding hydrogens is 432 g/mol. The monoisotopic (exact) mass is 460 g/mol. The van der Waals surface area contributed by atoms with Crippen LogP contribution in [0.15, 0.2) is 72.8 Å². The van der Waals surface area contributed by atoms with Crippen LogP contribution in [-0.4, -0.2) is 36.2 Å². The number of carboxylic acid groups (broad SMARTS) is 1. The molecule has 0 radical (unpaired) electrons. The molecule has 0 aromatic heterocycles. The number of carbonyl (C=O) groups is 3. The van der Waals surface area contributed by atoms with Gasteiger partial charge in [-0.1, -0.05) is 61.5 Å². The summed E-state index contributed by atoms with van der Waals surface area (Å²) < 4.78 is 5.15. The molecule has 0 saturated carbocycles. The molecule has 0 spiro atoms. The lowest BCUT2D eigenvalue weighted by atomic mass is 10.0. The van der Waals surface area contributed by atoms with Crippen molar-refractivity contribution in [3.63, 3.8) is 0 Å². The van der Waals surface area contributed by atoms with E-state index in [0.717, 1.165) is 28.0 Å². The number of hydrogen-bond donors (Lipinski definition) is 2. The maximum absolute atomic E-state index is 12.1. The summed E-state index contributed by atoms with van der Waals surface area (Å²) in [5, 5.41) is 12.3. The van der Waals surface area contributed by atoms with Crippen LogP contribution >= 0.6 is 0 Å². The first-order valence-electron chi connectivity index (χ1n) is 11.1. The molecule has 0 fully saturated rings. The fraction of sp³-hybridized carbons (Fsp3) is 0.222. The fourth-order valence-corrected chi connectivity index (χ4v) is 3.58. The van der Waals surface area contributed by atoms with Gasteiger partial charge < -0.3 is 14.7 Å². The Morgan fingerprint density at radius 2 is 1.62 bits per heavy atom. The van der Waals surface area contributed by atoms with Gasteiger partial charge >= 0.3 is 12.1 Å². The number of aliphatic carboxylic acids is 1. The van der Waals surface area contributed by atoms with Gasteiger partial charge in [0.15, 0.2) is 0 Å². The third kappa shape index (κ3) is 6.22. The quantitative estimate of drug-likeness (QED) is 0.401. The Kier molecular flexibility index (Phi) is 8.40. The number of nitrogens with zero attached hydrogens (tertiary/aromatic N) is 1. The molecule has 0 saturated heterocycles. The summed E-state index contributed by atoms with van der Waals surface area (Å²) in [5.41, 5.74) is 5.16. The summed E-state index contributed by atoms with van der Waals surface area (Å²) in [5.74, 6) is -1.19. The molecule has 3 aromatic rings. The van der Waals surface area contributed by atoms with Crippen molar-refractivity contribution in [2.24, 2.45) is 0 Å². The first-order valence-corrected chi connectivity index (χ1v) is 11.1. The molecule has 34 heavy (non-hydrogen) atoms. The van der Waals surface area contributed by atoms with E-state index >= 15 is 0 Å². The van der Waals surface area contributed by atoms with Crippen molar-refractivity contribution in [3.05, 3.63) is 83.9 Å². The molecule has 7 heteroatoms. The smallest absolute Gasteiger partial charge is 0.411 e. The minimum Gasteiger partial charge on any atom is -0.480 e. The Labute approximate surface area is 199 Å². The van der Waals surface area contributed by atoms with E-state index in [-0.39, 0.29) is 13.0 Å². The molecule has 0 unspecified atom stereocenters. The first-order chi connectivity index (χ1) is 16.4. The summed E-state index contributed by atoms with van der Waals surface area (Å²) in [7, 11) is 0. The molecular formula is C27H28N2O5. The maximum atomic E-state index is 12.1. The number of amides is 2. The van der Waals surface area contributed by atoms with Gasteiger partial charge in [0.2, 0.25) is 6.41 Å². The summed E-state index contributed by atoms with van der Waals surface area (Å²) >= 11 is 0. The Morgan fingerprint density at radius 3 is 2.18 bits per heavy atom. The van der Waals surface area contributed by atoms with E-state index in [1.54, 1.807) is 24.3 Å². The number of ether oxygens (including phenoxy) is 1. The van der Waals surface area contributed by atoms with Crippen LogP contribution in [0.5, 0.6) is 0 Å². The Balaban J connectivity index is 1.64. The van der Waals surface area contributed by atoms with Crippen molar-refractivity contribution in [3.8, 4) is 11.1 Å². The highest BCUT2D eigenvalue weighted by molar-refractivity contribution is 5.89. The highest BCUT2D eigenvalue weighted by Crippen LogP contribution is 2.25. The predicted molar refractivity (Wildman–Crippen MR) is 132 cm³/mol. The van der Waals surface area contributed by atoms with Gasteiger partial charge in [-0.2, -0.15) is 0 Å². The second-order valence-electron chi connectivity index (χ2n) is 7.83. The topological polar surface area (TPSA) is 95.9 Å². The van der Waals surface area contributed by atoms with Gasteiger partial charge in [0.05, 0.1) is 6.61 Å². The number of benzene rings is 3. The lowest BCUT2D eigenvalue weighted by molar-refractivity contribution is -0.139. The predicted octanol–water partition coefficient (Wildman–Crippen LogP) is 5.28. The van der Waals surface area contributed by atoms with Gasteiger partial charge in [-0.05, 0) is 53.8 Å². The zero-order chi connectivity index (χ0) is 24.5. The lowest BCUT2D eigenvalue weighted by Gasteiger charge is -2.25. The Bertz CT molecular complexity index is 1130. The van der Waals surface area contributed by atoms with Crippen molar-refractivity contribution >= 4 is 29.8 Å². The van der Waals surface area contributed by atoms with Crippen molar-refractivity contribution in [1.82, 2.24) is 0 Å². The maximum Gasteiger partial charge on any atom is 0.411 e. The van der Waals surface area contributed by atoms with E-state index in [1.165, 1.54) is 5.56 Å². The molecule has 0 aliphatic rings. The van der Waals surface area contributed by atoms with Crippen LogP contribution in [0.1, 0.15) is 24.5 Å². The van der Waals surface area contributed by atoms with Crippen LogP contribution in [-0.2, 0) is 20.7 Å². The molecule has 176 valence electrons. The molecule has 7 nitrogen and oxygen atoms in total. The first kappa shape index (κ1) is 24.5. The summed E-state index contributed by atoms with van der Waals surface area (Å²) in [6.45, 7) is 3.78. The third-order valence-electron chi connectivity index (χ3n) is 5.60. The van der Waals surface area contributed by atoms with Crippen molar-refractivity contribution in [2.75, 3.05) is 16.8 Å². The summed E-state index contributed by atoms with van der Waals surface area (Å²) in [6.07, 6.45) is 0.697. The fourth-order valence-electron chi connectivity index (χ4n) is 3.58. The van der Waals surface area contributed by atoms with Gasteiger partial charge in [-0.3, -0.25) is 10.1 Å². The minimum absolute atomic E-state index is 0.0600. The number of nitrogens with one attached hydrogen (secondary N) is 1. The number of hydrogen-bond acceptors (Lipinski definition) is 4. The Hall–Kier alpha value is -4.13. The standard InChI is InChI=1S/C27H28N2O5/c1-3-20-8-10-21(11-9-20)22-12-14-23(15-13-22)29(18-30)25(26(31)32)16-17-34-27(33)28-24-7-5-4-6-19(24)2/h4-15,18,25H,3,16-17H2,1-2H3,(H,28,33)(H,31,32)/t25-/m0/s1. The van der Waals surface area contributed by atoms with Gasteiger partial charge in [0, 0.05) is 17.8 Å². The average Bonchev–Trinajstić information content (AvgIpc) is 2.85. The molecule has 2 amide bonds. The normalized spacial score (nSPS) is 11.4. The van der Waals surface area contributed by atoms with Crippen LogP contribution in [0, 0.1) is 6.92 Å². The highest BCUT2D eigenvalue weighted by Gasteiger charge is 2.26. The van der Waals surface area contributed by atoms with E-state index in [2.05, 4.69) is 24.4 Å². The highest BCUT2D eigenvalue weighted by atomic mass is 16.5. The summed E-state index contributed by atoms with van der Waals surface area (Å²) in [4.78, 5) is 36.9. The van der Waals surface area contributed by atoms with Gasteiger partial charge in [0.1, 0.15) is 6.04 Å². The van der Waals surface area contributed by atoms with Crippen LogP contribution in [0.4, 0.5) is 16.2 Å². The van der Waals surface area contributed by atoms with Crippen molar-refractivity contribution < 1.29 is 24.2 Å². The van der Waals surface area contributed by atoms with E-state index in [0.29, 0.717) is 17.8 Å². The molecule has 1 atom stereocenters. The van der Waals surface area contributed by atoms with Crippen LogP contribution in [0.25, 0.3) is 11.1 Å². The number of carbonyl (C=O) groups excluding carboxylic acids is 2. The molecule has 0 aliphatic carbocycles. The molecule has 0 bridgehead atoms. The summed E-state index contributed by atoms with van der Waals surface area (Å²) in [6, 6.07) is 21.4. The van der Waals surface area contributed by atoms with E-state index < -0.39 is 18.1 Å². The van der Waals surface area contributed by atoms with Crippen LogP contribution in [0.2, 0.25) is 0 Å². The van der Waals surface area contributed by atoms with Gasteiger partial charge in [-0.25, -0.2) is 9.59 Å². The van der Waals surface area contributed by atoms with E-state index in [1.807, 2.05) is 43.3 Å². The molecule has 2 N–H and O–H groups in total. The molecule has 3 aromatic carbocycles. The number of anilines is 2. The van der Waals surface area contributed by atoms with Crippen molar-refractivity contribution in [2.45, 2.75) is 32.7 Å². The third-order valence-corrected chi connectivity index (χ3v) is 5.60. The lowest BCUT2D eigenvalue weighted by Crippen LogP contribution is -2.41. The Morgan fingerprint density at radius 1 is 1.00 bits per heavy atom. The minimum atomic E-state index is -1.19. The number of para-hydroxylation sites is 1. The zero-order valence-electron chi connectivity index (χ0n) is 19.2. The molecule has 0 aliphatic heterocycles. The van der Waals surface area contributed by atoms with Crippen LogP contribution < -0.4 is 10.2 Å². The largest absolute Gasteiger partial charge is 0.480 e. The van der Waals surface area contributed by atoms with E-state index in [4.69, 9.17) is 4.74 Å². The van der Waals surface area contributed by atoms with Gasteiger partial charge in [0.25, 0.3) is 0 Å².